The molecular formula is C40H47N2O5+. The number of fused-ring (bicyclic) bond motifs is 6. The Hall–Kier alpha value is -4.07. The van der Waals surface area contributed by atoms with E-state index >= 15 is 0 Å². The normalized spacial score (nSPS) is 21.4. The Labute approximate surface area is 278 Å². The summed E-state index contributed by atoms with van der Waals surface area (Å²) < 4.78 is 19.9. The minimum absolute atomic E-state index is 0.0520. The molecule has 2 aromatic rings. The SMILES string of the molecule is CC1(C)C2=C3C=C4C=C(C=O)C(=O)C=C4OC3CCN2c2ccccc21.CCOC(CC[N+]1=C(C)C(C)(C)c2ccccc21)OCC. The Morgan fingerprint density at radius 1 is 0.957 bits per heavy atom. The maximum Gasteiger partial charge on any atom is 0.209 e. The number of carbonyl (C=O) groups is 2. The van der Waals surface area contributed by atoms with Gasteiger partial charge in [0.2, 0.25) is 5.69 Å². The number of ketones is 1. The highest BCUT2D eigenvalue weighted by molar-refractivity contribution is 6.19. The Morgan fingerprint density at radius 2 is 1.64 bits per heavy atom. The van der Waals surface area contributed by atoms with Gasteiger partial charge in [-0.25, -0.2) is 0 Å². The van der Waals surface area contributed by atoms with Gasteiger partial charge in [-0.3, -0.25) is 9.59 Å². The second-order valence-electron chi connectivity index (χ2n) is 13.7. The number of anilines is 1. The van der Waals surface area contributed by atoms with E-state index in [1.807, 2.05) is 13.8 Å². The lowest BCUT2D eigenvalue weighted by atomic mass is 9.79. The van der Waals surface area contributed by atoms with Crippen molar-refractivity contribution in [2.45, 2.75) is 84.5 Å². The number of hydrogen-bond acceptors (Lipinski definition) is 6. The Balaban J connectivity index is 0.000000169. The number of aldehydes is 1. The van der Waals surface area contributed by atoms with Crippen molar-refractivity contribution in [2.24, 2.45) is 0 Å². The summed E-state index contributed by atoms with van der Waals surface area (Å²) in [5, 5.41) is 0. The first-order valence-corrected chi connectivity index (χ1v) is 16.9. The lowest BCUT2D eigenvalue weighted by molar-refractivity contribution is -0.444. The standard InChI is InChI=1S/C22H19NO3.C18H28NO2/c1-22(2)16-5-3-4-6-17(16)23-8-7-19-15(21(22)23)10-13-9-14(12-24)18(25)11-20(13)26-19;1-6-20-17(21-7-2)12-13-19-14(3)18(4,5)15-10-8-9-11-16(15)19/h3-6,9-12,19H,7-8H2,1-2H3;8-11,17H,6-7,12-13H2,1-5H3/q;+1. The van der Waals surface area contributed by atoms with Crippen molar-refractivity contribution in [1.29, 1.82) is 0 Å². The van der Waals surface area contributed by atoms with Crippen LogP contribution in [0.15, 0.2) is 94.9 Å². The van der Waals surface area contributed by atoms with Crippen molar-refractivity contribution in [3.8, 4) is 0 Å². The number of allylic oxidation sites excluding steroid dienone is 4. The molecule has 0 aromatic heterocycles. The van der Waals surface area contributed by atoms with Crippen molar-refractivity contribution in [3.63, 3.8) is 0 Å². The van der Waals surface area contributed by atoms with Crippen molar-refractivity contribution >= 4 is 29.2 Å². The van der Waals surface area contributed by atoms with Crippen LogP contribution in [-0.2, 0) is 34.6 Å². The largest absolute Gasteiger partial charge is 0.485 e. The maximum absolute atomic E-state index is 12.0. The smallest absolute Gasteiger partial charge is 0.209 e. The molecule has 246 valence electrons. The van der Waals surface area contributed by atoms with Crippen molar-refractivity contribution in [3.05, 3.63) is 106 Å². The predicted molar refractivity (Wildman–Crippen MR) is 185 cm³/mol. The fourth-order valence-corrected chi connectivity index (χ4v) is 7.69. The lowest BCUT2D eigenvalue weighted by Gasteiger charge is -2.40. The molecule has 0 N–H and O–H groups in total. The third-order valence-electron chi connectivity index (χ3n) is 10.3. The van der Waals surface area contributed by atoms with Crippen LogP contribution in [0.25, 0.3) is 0 Å². The summed E-state index contributed by atoms with van der Waals surface area (Å²) >= 11 is 0. The summed E-state index contributed by atoms with van der Waals surface area (Å²) in [4.78, 5) is 25.5. The highest BCUT2D eigenvalue weighted by Gasteiger charge is 2.46. The number of ether oxygens (including phenoxy) is 3. The molecule has 7 heteroatoms. The molecule has 4 aliphatic heterocycles. The molecule has 7 rings (SSSR count). The highest BCUT2D eigenvalue weighted by atomic mass is 16.7. The van der Waals surface area contributed by atoms with Gasteiger partial charge in [-0.1, -0.05) is 50.2 Å². The zero-order chi connectivity index (χ0) is 33.5. The number of carbonyl (C=O) groups excluding carboxylic acids is 2. The zero-order valence-corrected chi connectivity index (χ0v) is 28.8. The molecule has 0 fully saturated rings. The fourth-order valence-electron chi connectivity index (χ4n) is 7.69. The second-order valence-corrected chi connectivity index (χ2v) is 13.7. The second kappa shape index (κ2) is 12.9. The van der Waals surface area contributed by atoms with Crippen molar-refractivity contribution in [1.82, 2.24) is 0 Å². The van der Waals surface area contributed by atoms with E-state index in [0.717, 1.165) is 37.1 Å². The van der Waals surface area contributed by atoms with Gasteiger partial charge in [-0.2, -0.15) is 4.58 Å². The molecule has 7 nitrogen and oxygen atoms in total. The Morgan fingerprint density at radius 3 is 2.34 bits per heavy atom. The Kier molecular flexibility index (Phi) is 8.98. The number of benzene rings is 2. The lowest BCUT2D eigenvalue weighted by Crippen LogP contribution is -2.39. The minimum atomic E-state index is -0.283. The summed E-state index contributed by atoms with van der Waals surface area (Å²) in [7, 11) is 0. The topological polar surface area (TPSA) is 68.1 Å². The first kappa shape index (κ1) is 32.9. The molecule has 4 heterocycles. The van der Waals surface area contributed by atoms with E-state index in [1.165, 1.54) is 40.0 Å². The third kappa shape index (κ3) is 5.74. The monoisotopic (exact) mass is 635 g/mol. The summed E-state index contributed by atoms with van der Waals surface area (Å²) in [5.41, 5.74) is 10.1. The molecule has 1 aliphatic carbocycles. The van der Waals surface area contributed by atoms with Crippen LogP contribution < -0.4 is 4.90 Å². The average Bonchev–Trinajstić information content (AvgIpc) is 3.41. The molecule has 5 aliphatic rings. The molecule has 0 radical (unpaired) electrons. The molecule has 0 saturated carbocycles. The average molecular weight is 636 g/mol. The highest BCUT2D eigenvalue weighted by Crippen LogP contribution is 2.52. The summed E-state index contributed by atoms with van der Waals surface area (Å²) in [5.74, 6) is 0.297. The van der Waals surface area contributed by atoms with Gasteiger partial charge in [0, 0.05) is 78.8 Å². The van der Waals surface area contributed by atoms with Gasteiger partial charge in [0.15, 0.2) is 30.6 Å². The molecule has 1 unspecified atom stereocenters. The molecule has 0 bridgehead atoms. The van der Waals surface area contributed by atoms with E-state index in [1.54, 1.807) is 6.08 Å². The van der Waals surface area contributed by atoms with Crippen LogP contribution in [0.1, 0.15) is 72.4 Å². The van der Waals surface area contributed by atoms with E-state index in [0.29, 0.717) is 25.3 Å². The van der Waals surface area contributed by atoms with Gasteiger partial charge in [0.05, 0.1) is 17.4 Å². The molecule has 0 spiro atoms. The van der Waals surface area contributed by atoms with Gasteiger partial charge in [0.25, 0.3) is 0 Å². The van der Waals surface area contributed by atoms with Crippen LogP contribution in [0.4, 0.5) is 11.4 Å². The van der Waals surface area contributed by atoms with Gasteiger partial charge in [-0.05, 0) is 51.5 Å². The van der Waals surface area contributed by atoms with Gasteiger partial charge in [-0.15, -0.1) is 0 Å². The molecule has 47 heavy (non-hydrogen) atoms. The molecule has 0 amide bonds. The third-order valence-corrected chi connectivity index (χ3v) is 10.3. The zero-order valence-electron chi connectivity index (χ0n) is 28.8. The number of rotatable bonds is 8. The van der Waals surface area contributed by atoms with E-state index in [9.17, 15) is 9.59 Å². The number of nitrogens with zero attached hydrogens (tertiary/aromatic N) is 2. The van der Waals surface area contributed by atoms with E-state index in [-0.39, 0.29) is 34.6 Å². The summed E-state index contributed by atoms with van der Waals surface area (Å²) in [6.07, 6.45) is 7.38. The van der Waals surface area contributed by atoms with Crippen LogP contribution in [-0.4, -0.2) is 61.1 Å². The Bertz CT molecular complexity index is 1750. The van der Waals surface area contributed by atoms with Crippen LogP contribution in [0.3, 0.4) is 0 Å². The van der Waals surface area contributed by atoms with E-state index < -0.39 is 0 Å². The predicted octanol–water partition coefficient (Wildman–Crippen LogP) is 7.23. The van der Waals surface area contributed by atoms with Gasteiger partial charge >= 0.3 is 0 Å². The van der Waals surface area contributed by atoms with Crippen LogP contribution >= 0.6 is 0 Å². The van der Waals surface area contributed by atoms with Crippen LogP contribution in [0, 0.1) is 0 Å². The summed E-state index contributed by atoms with van der Waals surface area (Å²) in [6.45, 7) is 18.5. The van der Waals surface area contributed by atoms with E-state index in [4.69, 9.17) is 14.2 Å². The maximum atomic E-state index is 12.0. The number of hydrogen-bond donors (Lipinski definition) is 0. The van der Waals surface area contributed by atoms with Crippen LogP contribution in [0.5, 0.6) is 0 Å². The van der Waals surface area contributed by atoms with Gasteiger partial charge in [0.1, 0.15) is 11.9 Å². The number of para-hydroxylation sites is 2. The molecule has 2 aromatic carbocycles. The first-order chi connectivity index (χ1) is 22.5. The molecular weight excluding hydrogens is 588 g/mol. The van der Waals surface area contributed by atoms with Crippen molar-refractivity contribution in [2.75, 3.05) is 31.2 Å². The molecule has 0 saturated heterocycles. The minimum Gasteiger partial charge on any atom is -0.485 e. The van der Waals surface area contributed by atoms with Crippen molar-refractivity contribution < 1.29 is 28.4 Å². The fraction of sp³-hybridized carbons (Fsp3) is 0.425. The summed E-state index contributed by atoms with van der Waals surface area (Å²) in [6, 6.07) is 17.2. The van der Waals surface area contributed by atoms with Crippen LogP contribution in [0.2, 0.25) is 0 Å². The first-order valence-electron chi connectivity index (χ1n) is 16.9. The van der Waals surface area contributed by atoms with Gasteiger partial charge < -0.3 is 19.1 Å². The quantitative estimate of drug-likeness (QED) is 0.132. The van der Waals surface area contributed by atoms with E-state index in [2.05, 4.69) is 98.7 Å². The molecule has 1 atom stereocenters.